The number of hydrogen-bond donors (Lipinski definition) is 1. The second kappa shape index (κ2) is 6.58. The molecule has 0 atom stereocenters. The number of aromatic nitrogens is 3. The fraction of sp³-hybridized carbons (Fsp3) is 0.462. The van der Waals surface area contributed by atoms with Gasteiger partial charge in [0.2, 0.25) is 5.88 Å². The summed E-state index contributed by atoms with van der Waals surface area (Å²) in [7, 11) is 1.61. The van der Waals surface area contributed by atoms with E-state index in [4.69, 9.17) is 4.74 Å². The summed E-state index contributed by atoms with van der Waals surface area (Å²) >= 11 is 1.58. The smallest absolute Gasteiger partial charge is 0.223 e. The van der Waals surface area contributed by atoms with Crippen LogP contribution in [0.5, 0.6) is 5.88 Å². The zero-order chi connectivity index (χ0) is 13.7. The summed E-state index contributed by atoms with van der Waals surface area (Å²) in [4.78, 5) is 4.17. The lowest BCUT2D eigenvalue weighted by Crippen LogP contribution is -2.24. The molecule has 0 aromatic carbocycles. The van der Waals surface area contributed by atoms with E-state index in [9.17, 15) is 0 Å². The molecule has 6 heteroatoms. The average molecular weight is 278 g/mol. The first kappa shape index (κ1) is 13.9. The highest BCUT2D eigenvalue weighted by atomic mass is 32.1. The molecule has 0 bridgehead atoms. The van der Waals surface area contributed by atoms with Gasteiger partial charge in [0.1, 0.15) is 5.01 Å². The van der Waals surface area contributed by atoms with Gasteiger partial charge in [-0.05, 0) is 12.1 Å². The zero-order valence-corrected chi connectivity index (χ0v) is 12.2. The third kappa shape index (κ3) is 3.71. The first-order valence-corrected chi connectivity index (χ1v) is 7.07. The SMILES string of the molecule is COc1ncccc1-c1nnc(CCNC(C)C)s1. The van der Waals surface area contributed by atoms with Crippen LogP contribution in [-0.2, 0) is 6.42 Å². The Hall–Kier alpha value is -1.53. The molecule has 2 aromatic rings. The Balaban J connectivity index is 2.08. The second-order valence-corrected chi connectivity index (χ2v) is 5.48. The molecule has 102 valence electrons. The molecule has 1 N–H and O–H groups in total. The van der Waals surface area contributed by atoms with Gasteiger partial charge in [-0.2, -0.15) is 0 Å². The Morgan fingerprint density at radius 1 is 1.37 bits per heavy atom. The summed E-state index contributed by atoms with van der Waals surface area (Å²) in [6, 6.07) is 4.31. The molecule has 0 saturated carbocycles. The summed E-state index contributed by atoms with van der Waals surface area (Å²) in [5.41, 5.74) is 0.894. The van der Waals surface area contributed by atoms with E-state index in [1.807, 2.05) is 12.1 Å². The molecule has 0 radical (unpaired) electrons. The molecule has 0 aliphatic heterocycles. The summed E-state index contributed by atoms with van der Waals surface area (Å²) in [5.74, 6) is 0.588. The Morgan fingerprint density at radius 2 is 2.21 bits per heavy atom. The molecule has 5 nitrogen and oxygen atoms in total. The molecule has 2 aromatic heterocycles. The maximum Gasteiger partial charge on any atom is 0.223 e. The first-order chi connectivity index (χ1) is 9.20. The minimum atomic E-state index is 0.491. The number of hydrogen-bond acceptors (Lipinski definition) is 6. The van der Waals surface area contributed by atoms with Crippen LogP contribution in [0.15, 0.2) is 18.3 Å². The Labute approximate surface area is 117 Å². The fourth-order valence-corrected chi connectivity index (χ4v) is 2.50. The van der Waals surface area contributed by atoms with Crippen LogP contribution in [0.2, 0.25) is 0 Å². The first-order valence-electron chi connectivity index (χ1n) is 6.26. The summed E-state index contributed by atoms with van der Waals surface area (Å²) in [6.07, 6.45) is 2.59. The number of ether oxygens (including phenoxy) is 1. The van der Waals surface area contributed by atoms with Crippen LogP contribution in [0.25, 0.3) is 10.6 Å². The summed E-state index contributed by atoms with van der Waals surface area (Å²) < 4.78 is 5.24. The lowest BCUT2D eigenvalue weighted by molar-refractivity contribution is 0.399. The van der Waals surface area contributed by atoms with Gasteiger partial charge in [-0.25, -0.2) is 4.98 Å². The topological polar surface area (TPSA) is 59.9 Å². The Morgan fingerprint density at radius 3 is 2.95 bits per heavy atom. The van der Waals surface area contributed by atoms with Crippen LogP contribution < -0.4 is 10.1 Å². The molecular weight excluding hydrogens is 260 g/mol. The van der Waals surface area contributed by atoms with Gasteiger partial charge in [0.05, 0.1) is 12.7 Å². The highest BCUT2D eigenvalue weighted by Gasteiger charge is 2.12. The number of rotatable bonds is 6. The maximum atomic E-state index is 5.24. The van der Waals surface area contributed by atoms with E-state index in [0.29, 0.717) is 11.9 Å². The van der Waals surface area contributed by atoms with E-state index in [1.54, 1.807) is 24.6 Å². The van der Waals surface area contributed by atoms with E-state index in [-0.39, 0.29) is 0 Å². The zero-order valence-electron chi connectivity index (χ0n) is 11.4. The van der Waals surface area contributed by atoms with Crippen molar-refractivity contribution in [2.24, 2.45) is 0 Å². The van der Waals surface area contributed by atoms with Gasteiger partial charge in [-0.3, -0.25) is 0 Å². The van der Waals surface area contributed by atoms with Crippen molar-refractivity contribution in [3.05, 3.63) is 23.3 Å². The predicted octanol–water partition coefficient (Wildman–Crippen LogP) is 2.15. The van der Waals surface area contributed by atoms with Gasteiger partial charge >= 0.3 is 0 Å². The maximum absolute atomic E-state index is 5.24. The summed E-state index contributed by atoms with van der Waals surface area (Å²) in [6.45, 7) is 5.18. The number of methoxy groups -OCH3 is 1. The van der Waals surface area contributed by atoms with Crippen LogP contribution in [0, 0.1) is 0 Å². The summed E-state index contributed by atoms with van der Waals surface area (Å²) in [5, 5.41) is 13.7. The molecule has 0 amide bonds. The largest absolute Gasteiger partial charge is 0.480 e. The van der Waals surface area contributed by atoms with Gasteiger partial charge in [-0.15, -0.1) is 10.2 Å². The van der Waals surface area contributed by atoms with Crippen molar-refractivity contribution in [3.63, 3.8) is 0 Å². The highest BCUT2D eigenvalue weighted by Crippen LogP contribution is 2.29. The van der Waals surface area contributed by atoms with E-state index >= 15 is 0 Å². The highest BCUT2D eigenvalue weighted by molar-refractivity contribution is 7.14. The Bertz CT molecular complexity index is 527. The fourth-order valence-electron chi connectivity index (χ4n) is 1.65. The predicted molar refractivity (Wildman–Crippen MR) is 76.5 cm³/mol. The molecule has 0 aliphatic carbocycles. The molecule has 0 aliphatic rings. The van der Waals surface area contributed by atoms with Gasteiger partial charge in [0.15, 0.2) is 5.01 Å². The van der Waals surface area contributed by atoms with Crippen molar-refractivity contribution in [1.82, 2.24) is 20.5 Å². The van der Waals surface area contributed by atoms with E-state index < -0.39 is 0 Å². The van der Waals surface area contributed by atoms with Crippen LogP contribution in [0.3, 0.4) is 0 Å². The molecule has 2 heterocycles. The molecule has 0 spiro atoms. The van der Waals surface area contributed by atoms with Gasteiger partial charge in [0.25, 0.3) is 0 Å². The van der Waals surface area contributed by atoms with Crippen LogP contribution in [0.4, 0.5) is 0 Å². The van der Waals surface area contributed by atoms with Crippen molar-refractivity contribution < 1.29 is 4.74 Å². The average Bonchev–Trinajstić information content (AvgIpc) is 2.87. The van der Waals surface area contributed by atoms with E-state index in [2.05, 4.69) is 34.3 Å². The molecular formula is C13H18N4OS. The minimum absolute atomic E-state index is 0.491. The lowest BCUT2D eigenvalue weighted by atomic mass is 10.3. The molecule has 2 rings (SSSR count). The quantitative estimate of drug-likeness (QED) is 0.877. The Kier molecular flexibility index (Phi) is 4.81. The number of nitrogens with one attached hydrogen (secondary N) is 1. The van der Waals surface area contributed by atoms with Crippen molar-refractivity contribution in [3.8, 4) is 16.5 Å². The van der Waals surface area contributed by atoms with Gasteiger partial charge in [0, 0.05) is 25.2 Å². The standard InChI is InChI=1S/C13H18N4OS/c1-9(2)14-8-6-11-16-17-13(19-11)10-5-4-7-15-12(10)18-3/h4-5,7,9,14H,6,8H2,1-3H3. The van der Waals surface area contributed by atoms with E-state index in [0.717, 1.165) is 28.5 Å². The lowest BCUT2D eigenvalue weighted by Gasteiger charge is -2.05. The van der Waals surface area contributed by atoms with Gasteiger partial charge in [-0.1, -0.05) is 25.2 Å². The van der Waals surface area contributed by atoms with Crippen molar-refractivity contribution >= 4 is 11.3 Å². The molecule has 19 heavy (non-hydrogen) atoms. The van der Waals surface area contributed by atoms with Crippen LogP contribution in [-0.4, -0.2) is 34.9 Å². The number of pyridine rings is 1. The monoisotopic (exact) mass is 278 g/mol. The van der Waals surface area contributed by atoms with Crippen LogP contribution >= 0.6 is 11.3 Å². The minimum Gasteiger partial charge on any atom is -0.480 e. The number of nitrogens with zero attached hydrogens (tertiary/aromatic N) is 3. The van der Waals surface area contributed by atoms with Gasteiger partial charge < -0.3 is 10.1 Å². The van der Waals surface area contributed by atoms with Crippen molar-refractivity contribution in [1.29, 1.82) is 0 Å². The van der Waals surface area contributed by atoms with E-state index in [1.165, 1.54) is 0 Å². The van der Waals surface area contributed by atoms with Crippen LogP contribution in [0.1, 0.15) is 18.9 Å². The molecule has 0 fully saturated rings. The third-order valence-electron chi connectivity index (χ3n) is 2.55. The molecule has 0 unspecified atom stereocenters. The van der Waals surface area contributed by atoms with Crippen molar-refractivity contribution in [2.75, 3.05) is 13.7 Å². The third-order valence-corrected chi connectivity index (χ3v) is 3.57. The van der Waals surface area contributed by atoms with Crippen molar-refractivity contribution in [2.45, 2.75) is 26.3 Å². The second-order valence-electron chi connectivity index (χ2n) is 4.42. The molecule has 0 saturated heterocycles. The normalized spacial score (nSPS) is 10.9.